The van der Waals surface area contributed by atoms with Crippen molar-refractivity contribution >= 4 is 17.1 Å². The van der Waals surface area contributed by atoms with E-state index < -0.39 is 5.97 Å². The molecular formula is C21H22N2O5. The molecule has 0 atom stereocenters. The lowest BCUT2D eigenvalue weighted by atomic mass is 9.97. The Kier molecular flexibility index (Phi) is 5.43. The molecule has 2 aromatic carbocycles. The first-order valence-electron chi connectivity index (χ1n) is 9.39. The van der Waals surface area contributed by atoms with Crippen molar-refractivity contribution in [3.63, 3.8) is 0 Å². The van der Waals surface area contributed by atoms with Gasteiger partial charge in [-0.3, -0.25) is 9.69 Å². The quantitative estimate of drug-likeness (QED) is 0.665. The number of hydrogen-bond acceptors (Lipinski definition) is 6. The van der Waals surface area contributed by atoms with E-state index in [9.17, 15) is 4.79 Å². The highest BCUT2D eigenvalue weighted by Crippen LogP contribution is 2.26. The number of piperidine rings is 1. The summed E-state index contributed by atoms with van der Waals surface area (Å²) < 4.78 is 17.0. The maximum Gasteiger partial charge on any atom is 0.400 e. The van der Waals surface area contributed by atoms with Crippen molar-refractivity contribution in [2.45, 2.75) is 12.8 Å². The Hall–Kier alpha value is -3.06. The topological polar surface area (TPSA) is 85.0 Å². The molecule has 1 fully saturated rings. The number of carbonyl (C=O) groups is 1. The summed E-state index contributed by atoms with van der Waals surface area (Å²) in [6, 6.07) is 14.8. The summed E-state index contributed by atoms with van der Waals surface area (Å²) in [6.45, 7) is 2.95. The first-order valence-corrected chi connectivity index (χ1v) is 9.39. The van der Waals surface area contributed by atoms with Crippen molar-refractivity contribution in [3.05, 3.63) is 48.5 Å². The minimum atomic E-state index is -0.684. The van der Waals surface area contributed by atoms with Crippen LogP contribution in [0.3, 0.4) is 0 Å². The van der Waals surface area contributed by atoms with Gasteiger partial charge in [0.2, 0.25) is 0 Å². The molecule has 0 aliphatic carbocycles. The number of carboxylic acid groups (broad SMARTS) is 1. The van der Waals surface area contributed by atoms with Gasteiger partial charge in [-0.15, -0.1) is 0 Å². The second kappa shape index (κ2) is 8.31. The Morgan fingerprint density at radius 1 is 1.11 bits per heavy atom. The third-order valence-electron chi connectivity index (χ3n) is 4.92. The van der Waals surface area contributed by atoms with E-state index in [1.807, 2.05) is 48.5 Å². The van der Waals surface area contributed by atoms with Gasteiger partial charge in [0.05, 0.1) is 5.92 Å². The monoisotopic (exact) mass is 382 g/mol. The maximum atomic E-state index is 11.0. The Labute approximate surface area is 162 Å². The highest BCUT2D eigenvalue weighted by atomic mass is 16.6. The lowest BCUT2D eigenvalue weighted by Gasteiger charge is -2.29. The largest absolute Gasteiger partial charge is 0.492 e. The number of oxazole rings is 1. The van der Waals surface area contributed by atoms with Gasteiger partial charge in [0.25, 0.3) is 0 Å². The number of para-hydroxylation sites is 2. The summed E-state index contributed by atoms with van der Waals surface area (Å²) >= 11 is 0. The molecule has 1 N–H and O–H groups in total. The molecule has 2 heterocycles. The van der Waals surface area contributed by atoms with Gasteiger partial charge in [-0.2, -0.15) is 4.98 Å². The smallest absolute Gasteiger partial charge is 0.400 e. The first kappa shape index (κ1) is 18.3. The predicted molar refractivity (Wildman–Crippen MR) is 103 cm³/mol. The van der Waals surface area contributed by atoms with Crippen LogP contribution in [0.25, 0.3) is 11.1 Å². The molecular weight excluding hydrogens is 360 g/mol. The van der Waals surface area contributed by atoms with Crippen LogP contribution in [0.2, 0.25) is 0 Å². The molecule has 0 unspecified atom stereocenters. The standard InChI is InChI=1S/C21H22N2O5/c24-20(25)15-9-11-23(12-10-15)13-14-26-16-5-7-17(8-6-16)27-21-22-18-3-1-2-4-19(18)28-21/h1-8,15H,9-14H2,(H,24,25). The van der Waals surface area contributed by atoms with Crippen molar-refractivity contribution in [2.24, 2.45) is 5.92 Å². The molecule has 1 aliphatic heterocycles. The summed E-state index contributed by atoms with van der Waals surface area (Å²) in [6.07, 6.45) is 1.62. The fourth-order valence-electron chi connectivity index (χ4n) is 3.30. The Morgan fingerprint density at radius 3 is 2.54 bits per heavy atom. The number of hydrogen-bond donors (Lipinski definition) is 1. The lowest BCUT2D eigenvalue weighted by Crippen LogP contribution is -2.38. The number of carboxylic acids is 1. The number of benzene rings is 2. The van der Waals surface area contributed by atoms with Crippen molar-refractivity contribution in [3.8, 4) is 17.6 Å². The van der Waals surface area contributed by atoms with Crippen LogP contribution in [0, 0.1) is 5.92 Å². The molecule has 28 heavy (non-hydrogen) atoms. The number of rotatable bonds is 7. The van der Waals surface area contributed by atoms with E-state index in [1.165, 1.54) is 0 Å². The van der Waals surface area contributed by atoms with E-state index in [0.717, 1.165) is 30.9 Å². The average Bonchev–Trinajstić information content (AvgIpc) is 3.12. The molecule has 4 rings (SSSR count). The van der Waals surface area contributed by atoms with Crippen LogP contribution in [0.5, 0.6) is 17.6 Å². The summed E-state index contributed by atoms with van der Waals surface area (Å²) in [4.78, 5) is 17.5. The van der Waals surface area contributed by atoms with Crippen molar-refractivity contribution < 1.29 is 23.8 Å². The molecule has 3 aromatic rings. The average molecular weight is 382 g/mol. The molecule has 1 aromatic heterocycles. The van der Waals surface area contributed by atoms with E-state index in [2.05, 4.69) is 9.88 Å². The van der Waals surface area contributed by atoms with Gasteiger partial charge in [-0.1, -0.05) is 12.1 Å². The van der Waals surface area contributed by atoms with Crippen LogP contribution >= 0.6 is 0 Å². The predicted octanol–water partition coefficient (Wildman–Crippen LogP) is 3.80. The Morgan fingerprint density at radius 2 is 1.82 bits per heavy atom. The molecule has 1 aliphatic rings. The van der Waals surface area contributed by atoms with E-state index in [0.29, 0.717) is 30.8 Å². The summed E-state index contributed by atoms with van der Waals surface area (Å²) in [7, 11) is 0. The molecule has 0 radical (unpaired) electrons. The minimum absolute atomic E-state index is 0.203. The molecule has 146 valence electrons. The van der Waals surface area contributed by atoms with E-state index in [1.54, 1.807) is 0 Å². The first-order chi connectivity index (χ1) is 13.7. The zero-order valence-corrected chi connectivity index (χ0v) is 15.4. The highest BCUT2D eigenvalue weighted by Gasteiger charge is 2.24. The van der Waals surface area contributed by atoms with Crippen molar-refractivity contribution in [2.75, 3.05) is 26.2 Å². The second-order valence-corrected chi connectivity index (χ2v) is 6.82. The molecule has 7 nitrogen and oxygen atoms in total. The third-order valence-corrected chi connectivity index (χ3v) is 4.92. The number of aromatic nitrogens is 1. The number of ether oxygens (including phenoxy) is 2. The summed E-state index contributed by atoms with van der Waals surface area (Å²) in [5, 5.41) is 9.04. The molecule has 0 bridgehead atoms. The number of aliphatic carboxylic acids is 1. The SMILES string of the molecule is O=C(O)C1CCN(CCOc2ccc(Oc3nc4ccccc4o3)cc2)CC1. The van der Waals surface area contributed by atoms with Gasteiger partial charge >= 0.3 is 12.0 Å². The Balaban J connectivity index is 1.24. The minimum Gasteiger partial charge on any atom is -0.492 e. The van der Waals surface area contributed by atoms with Gasteiger partial charge in [0.1, 0.15) is 23.6 Å². The molecule has 0 amide bonds. The fourth-order valence-corrected chi connectivity index (χ4v) is 3.30. The lowest BCUT2D eigenvalue weighted by molar-refractivity contribution is -0.143. The zero-order chi connectivity index (χ0) is 19.3. The van der Waals surface area contributed by atoms with Crippen LogP contribution in [-0.4, -0.2) is 47.2 Å². The third kappa shape index (κ3) is 4.43. The van der Waals surface area contributed by atoms with Gasteiger partial charge in [0.15, 0.2) is 5.58 Å². The maximum absolute atomic E-state index is 11.0. The van der Waals surface area contributed by atoms with Crippen LogP contribution in [-0.2, 0) is 4.79 Å². The van der Waals surface area contributed by atoms with Gasteiger partial charge in [-0.25, -0.2) is 0 Å². The molecule has 0 saturated carbocycles. The highest BCUT2D eigenvalue weighted by molar-refractivity contribution is 5.72. The normalized spacial score (nSPS) is 15.6. The van der Waals surface area contributed by atoms with E-state index in [-0.39, 0.29) is 12.0 Å². The Bertz CT molecular complexity index is 896. The number of fused-ring (bicyclic) bond motifs is 1. The van der Waals surface area contributed by atoms with Crippen LogP contribution in [0.15, 0.2) is 52.9 Å². The van der Waals surface area contributed by atoms with Crippen LogP contribution in [0.1, 0.15) is 12.8 Å². The van der Waals surface area contributed by atoms with E-state index in [4.69, 9.17) is 19.0 Å². The number of nitrogens with zero attached hydrogens (tertiary/aromatic N) is 2. The summed E-state index contributed by atoms with van der Waals surface area (Å²) in [5.74, 6) is 0.488. The van der Waals surface area contributed by atoms with Gasteiger partial charge < -0.3 is 19.0 Å². The van der Waals surface area contributed by atoms with Crippen molar-refractivity contribution in [1.29, 1.82) is 0 Å². The van der Waals surface area contributed by atoms with E-state index >= 15 is 0 Å². The fraction of sp³-hybridized carbons (Fsp3) is 0.333. The van der Waals surface area contributed by atoms with Crippen molar-refractivity contribution in [1.82, 2.24) is 9.88 Å². The van der Waals surface area contributed by atoms with Crippen LogP contribution in [0.4, 0.5) is 0 Å². The molecule has 0 spiro atoms. The zero-order valence-electron chi connectivity index (χ0n) is 15.4. The summed E-state index contributed by atoms with van der Waals surface area (Å²) in [5.41, 5.74) is 1.44. The van der Waals surface area contributed by atoms with Gasteiger partial charge in [-0.05, 0) is 62.3 Å². The van der Waals surface area contributed by atoms with Gasteiger partial charge in [0, 0.05) is 6.54 Å². The molecule has 1 saturated heterocycles. The number of likely N-dealkylation sites (tertiary alicyclic amines) is 1. The molecule has 7 heteroatoms. The van der Waals surface area contributed by atoms with Crippen LogP contribution < -0.4 is 9.47 Å². The second-order valence-electron chi connectivity index (χ2n) is 6.82.